The van der Waals surface area contributed by atoms with E-state index < -0.39 is 0 Å². The molecule has 0 saturated heterocycles. The van der Waals surface area contributed by atoms with Crippen LogP contribution in [0, 0.1) is 5.92 Å². The van der Waals surface area contributed by atoms with E-state index in [1.165, 1.54) is 19.3 Å². The average Bonchev–Trinajstić information content (AvgIpc) is 2.72. The fraction of sp³-hybridized carbons (Fsp3) is 0.818. The van der Waals surface area contributed by atoms with Crippen LogP contribution in [0.4, 0.5) is 0 Å². The Balaban J connectivity index is 2.00. The van der Waals surface area contributed by atoms with Crippen molar-refractivity contribution in [3.63, 3.8) is 0 Å². The quantitative estimate of drug-likeness (QED) is 0.825. The Morgan fingerprint density at radius 1 is 1.53 bits per heavy atom. The maximum absolute atomic E-state index is 5.68. The third-order valence-corrected chi connectivity index (χ3v) is 3.04. The van der Waals surface area contributed by atoms with Crippen LogP contribution < -0.4 is 5.73 Å². The summed E-state index contributed by atoms with van der Waals surface area (Å²) in [6, 6.07) is 0.0841. The van der Waals surface area contributed by atoms with Gasteiger partial charge in [0.05, 0.1) is 0 Å². The largest absolute Gasteiger partial charge is 0.339 e. The maximum atomic E-state index is 5.68. The summed E-state index contributed by atoms with van der Waals surface area (Å²) < 4.78 is 5.18. The summed E-state index contributed by atoms with van der Waals surface area (Å²) in [5.41, 5.74) is 5.68. The number of rotatable bonds is 3. The van der Waals surface area contributed by atoms with Gasteiger partial charge in [0.15, 0.2) is 5.82 Å². The zero-order valence-electron chi connectivity index (χ0n) is 9.44. The van der Waals surface area contributed by atoms with Gasteiger partial charge in [-0.3, -0.25) is 0 Å². The molecule has 0 bridgehead atoms. The molecule has 0 spiro atoms. The molecule has 1 heterocycles. The first-order valence-corrected chi connectivity index (χ1v) is 5.73. The second-order valence-corrected chi connectivity index (χ2v) is 4.84. The molecule has 1 fully saturated rings. The van der Waals surface area contributed by atoms with E-state index in [1.54, 1.807) is 0 Å². The van der Waals surface area contributed by atoms with Crippen LogP contribution in [0.2, 0.25) is 0 Å². The topological polar surface area (TPSA) is 64.9 Å². The molecule has 0 amide bonds. The Kier molecular flexibility index (Phi) is 3.05. The summed E-state index contributed by atoms with van der Waals surface area (Å²) in [6.45, 7) is 4.23. The zero-order valence-corrected chi connectivity index (χ0v) is 9.44. The third kappa shape index (κ3) is 2.56. The molecule has 1 aliphatic rings. The van der Waals surface area contributed by atoms with Crippen molar-refractivity contribution < 1.29 is 4.52 Å². The lowest BCUT2D eigenvalue weighted by atomic mass is 10.1. The second kappa shape index (κ2) is 4.31. The van der Waals surface area contributed by atoms with Crippen molar-refractivity contribution in [3.8, 4) is 0 Å². The van der Waals surface area contributed by atoms with E-state index >= 15 is 0 Å². The van der Waals surface area contributed by atoms with E-state index in [0.717, 1.165) is 11.7 Å². The Bertz CT molecular complexity index is 321. The van der Waals surface area contributed by atoms with E-state index in [2.05, 4.69) is 17.1 Å². The van der Waals surface area contributed by atoms with Crippen LogP contribution >= 0.6 is 0 Å². The van der Waals surface area contributed by atoms with Gasteiger partial charge < -0.3 is 10.3 Å². The molecular weight excluding hydrogens is 190 g/mol. The summed E-state index contributed by atoms with van der Waals surface area (Å²) >= 11 is 0. The highest BCUT2D eigenvalue weighted by Crippen LogP contribution is 2.36. The summed E-state index contributed by atoms with van der Waals surface area (Å²) in [5.74, 6) is 2.87. The summed E-state index contributed by atoms with van der Waals surface area (Å²) in [6.07, 6.45) is 4.34. The number of hydrogen-bond acceptors (Lipinski definition) is 4. The van der Waals surface area contributed by atoms with Crippen LogP contribution in [0.15, 0.2) is 4.52 Å². The highest BCUT2D eigenvalue weighted by atomic mass is 16.5. The first-order valence-electron chi connectivity index (χ1n) is 5.73. The van der Waals surface area contributed by atoms with Crippen molar-refractivity contribution in [2.75, 3.05) is 0 Å². The van der Waals surface area contributed by atoms with Gasteiger partial charge in [0.2, 0.25) is 5.89 Å². The molecule has 1 aliphatic carbocycles. The van der Waals surface area contributed by atoms with Crippen LogP contribution in [-0.2, 0) is 6.42 Å². The molecule has 1 aromatic rings. The van der Waals surface area contributed by atoms with Crippen molar-refractivity contribution >= 4 is 0 Å². The summed E-state index contributed by atoms with van der Waals surface area (Å²) in [7, 11) is 0. The Hall–Kier alpha value is -0.900. The van der Waals surface area contributed by atoms with E-state index in [0.29, 0.717) is 18.2 Å². The fourth-order valence-electron chi connectivity index (χ4n) is 2.23. The molecule has 0 radical (unpaired) electrons. The number of aromatic nitrogens is 2. The van der Waals surface area contributed by atoms with Crippen LogP contribution in [0.3, 0.4) is 0 Å². The van der Waals surface area contributed by atoms with Gasteiger partial charge in [-0.05, 0) is 32.1 Å². The SMILES string of the molecule is CC(N)Cc1nc(C2CCC(C)C2)no1. The van der Waals surface area contributed by atoms with Crippen LogP contribution in [0.25, 0.3) is 0 Å². The molecule has 1 saturated carbocycles. The van der Waals surface area contributed by atoms with Crippen molar-refractivity contribution in [3.05, 3.63) is 11.7 Å². The lowest BCUT2D eigenvalue weighted by molar-refractivity contribution is 0.363. The Morgan fingerprint density at radius 3 is 2.93 bits per heavy atom. The minimum absolute atomic E-state index is 0.0841. The van der Waals surface area contributed by atoms with E-state index in [-0.39, 0.29) is 6.04 Å². The Labute approximate surface area is 90.2 Å². The third-order valence-electron chi connectivity index (χ3n) is 3.04. The molecule has 2 rings (SSSR count). The Morgan fingerprint density at radius 2 is 2.33 bits per heavy atom. The molecule has 0 aromatic carbocycles. The van der Waals surface area contributed by atoms with Crippen LogP contribution in [0.1, 0.15) is 50.7 Å². The summed E-state index contributed by atoms with van der Waals surface area (Å²) in [5, 5.41) is 4.04. The first kappa shape index (κ1) is 10.6. The molecule has 3 unspecified atom stereocenters. The minimum Gasteiger partial charge on any atom is -0.339 e. The van der Waals surface area contributed by atoms with E-state index in [9.17, 15) is 0 Å². The van der Waals surface area contributed by atoms with Gasteiger partial charge in [-0.2, -0.15) is 4.98 Å². The van der Waals surface area contributed by atoms with Gasteiger partial charge in [0.1, 0.15) is 0 Å². The van der Waals surface area contributed by atoms with Crippen molar-refractivity contribution in [1.82, 2.24) is 10.1 Å². The molecule has 1 aromatic heterocycles. The molecule has 84 valence electrons. The van der Waals surface area contributed by atoms with Gasteiger partial charge in [0, 0.05) is 18.4 Å². The van der Waals surface area contributed by atoms with Crippen molar-refractivity contribution in [2.24, 2.45) is 11.7 Å². The predicted molar refractivity (Wildman–Crippen MR) is 57.4 cm³/mol. The molecule has 0 aliphatic heterocycles. The molecule has 15 heavy (non-hydrogen) atoms. The first-order chi connectivity index (χ1) is 7.15. The van der Waals surface area contributed by atoms with Gasteiger partial charge in [-0.15, -0.1) is 0 Å². The highest BCUT2D eigenvalue weighted by molar-refractivity contribution is 4.99. The number of nitrogens with zero attached hydrogens (tertiary/aromatic N) is 2. The summed E-state index contributed by atoms with van der Waals surface area (Å²) in [4.78, 5) is 4.41. The van der Waals surface area contributed by atoms with E-state index in [4.69, 9.17) is 10.3 Å². The smallest absolute Gasteiger partial charge is 0.228 e. The van der Waals surface area contributed by atoms with Crippen LogP contribution in [-0.4, -0.2) is 16.2 Å². The monoisotopic (exact) mass is 209 g/mol. The molecule has 2 N–H and O–H groups in total. The lowest BCUT2D eigenvalue weighted by Crippen LogP contribution is -2.17. The standard InChI is InChI=1S/C11H19N3O/c1-7-3-4-9(5-7)11-13-10(15-14-11)6-8(2)12/h7-9H,3-6,12H2,1-2H3. The normalized spacial score (nSPS) is 28.2. The minimum atomic E-state index is 0.0841. The number of nitrogens with two attached hydrogens (primary N) is 1. The molecule has 4 nitrogen and oxygen atoms in total. The van der Waals surface area contributed by atoms with Gasteiger partial charge in [-0.25, -0.2) is 0 Å². The highest BCUT2D eigenvalue weighted by Gasteiger charge is 2.26. The van der Waals surface area contributed by atoms with Crippen molar-refractivity contribution in [1.29, 1.82) is 0 Å². The zero-order chi connectivity index (χ0) is 10.8. The fourth-order valence-corrected chi connectivity index (χ4v) is 2.23. The second-order valence-electron chi connectivity index (χ2n) is 4.84. The van der Waals surface area contributed by atoms with Crippen molar-refractivity contribution in [2.45, 2.75) is 51.5 Å². The predicted octanol–water partition coefficient (Wildman–Crippen LogP) is 1.86. The van der Waals surface area contributed by atoms with Gasteiger partial charge in [0.25, 0.3) is 0 Å². The van der Waals surface area contributed by atoms with Gasteiger partial charge in [-0.1, -0.05) is 12.1 Å². The van der Waals surface area contributed by atoms with E-state index in [1.807, 2.05) is 6.92 Å². The molecular formula is C11H19N3O. The number of hydrogen-bond donors (Lipinski definition) is 1. The van der Waals surface area contributed by atoms with Gasteiger partial charge >= 0.3 is 0 Å². The molecule has 4 heteroatoms. The van der Waals surface area contributed by atoms with Crippen LogP contribution in [0.5, 0.6) is 0 Å². The maximum Gasteiger partial charge on any atom is 0.228 e. The lowest BCUT2D eigenvalue weighted by Gasteiger charge is -2.01. The average molecular weight is 209 g/mol. The molecule has 3 atom stereocenters.